The van der Waals surface area contributed by atoms with E-state index in [2.05, 4.69) is 15.6 Å². The highest BCUT2D eigenvalue weighted by Crippen LogP contribution is 2.38. The van der Waals surface area contributed by atoms with Crippen molar-refractivity contribution in [3.63, 3.8) is 0 Å². The topological polar surface area (TPSA) is 64.1 Å². The van der Waals surface area contributed by atoms with Crippen LogP contribution in [0.4, 0.5) is 0 Å². The maximum absolute atomic E-state index is 6.24. The van der Waals surface area contributed by atoms with Gasteiger partial charge in [0.2, 0.25) is 0 Å². The molecule has 128 valence electrons. The van der Waals surface area contributed by atoms with E-state index in [0.717, 1.165) is 49.8 Å². The van der Waals surface area contributed by atoms with E-state index in [9.17, 15) is 0 Å². The van der Waals surface area contributed by atoms with E-state index in [0.29, 0.717) is 24.0 Å². The van der Waals surface area contributed by atoms with Crippen LogP contribution >= 0.6 is 11.6 Å². The minimum Gasteiger partial charge on any atom is -0.486 e. The molecular weight excluding hydrogens is 318 g/mol. The van der Waals surface area contributed by atoms with Gasteiger partial charge in [0.05, 0.1) is 5.02 Å². The Bertz CT molecular complexity index is 538. The first kappa shape index (κ1) is 17.7. The Balaban J connectivity index is 1.80. The van der Waals surface area contributed by atoms with Crippen molar-refractivity contribution in [3.05, 3.63) is 22.7 Å². The molecule has 1 heterocycles. The van der Waals surface area contributed by atoms with Gasteiger partial charge in [0.15, 0.2) is 17.5 Å². The third-order valence-corrected chi connectivity index (χ3v) is 3.68. The van der Waals surface area contributed by atoms with E-state index in [4.69, 9.17) is 25.8 Å². The lowest BCUT2D eigenvalue weighted by Crippen LogP contribution is -2.39. The van der Waals surface area contributed by atoms with Crippen molar-refractivity contribution in [2.75, 3.05) is 47.1 Å². The number of methoxy groups -OCH3 is 1. The zero-order chi connectivity index (χ0) is 16.5. The fourth-order valence-corrected chi connectivity index (χ4v) is 2.57. The number of hydrogen-bond acceptors (Lipinski definition) is 4. The number of hydrogen-bond donors (Lipinski definition) is 2. The Morgan fingerprint density at radius 1 is 1.26 bits per heavy atom. The predicted molar refractivity (Wildman–Crippen MR) is 92.0 cm³/mol. The largest absolute Gasteiger partial charge is 0.486 e. The molecule has 0 aromatic heterocycles. The zero-order valence-corrected chi connectivity index (χ0v) is 14.4. The molecule has 6 nitrogen and oxygen atoms in total. The highest BCUT2D eigenvalue weighted by molar-refractivity contribution is 6.32. The molecule has 2 N–H and O–H groups in total. The molecule has 0 aliphatic carbocycles. The fourth-order valence-electron chi connectivity index (χ4n) is 2.28. The zero-order valence-electron chi connectivity index (χ0n) is 13.7. The quantitative estimate of drug-likeness (QED) is 0.450. The first-order chi connectivity index (χ1) is 11.2. The van der Waals surface area contributed by atoms with Crippen LogP contribution in [0.5, 0.6) is 11.5 Å². The van der Waals surface area contributed by atoms with Gasteiger partial charge in [0, 0.05) is 33.9 Å². The van der Waals surface area contributed by atoms with E-state index < -0.39 is 0 Å². The summed E-state index contributed by atoms with van der Waals surface area (Å²) in [6, 6.07) is 3.91. The first-order valence-electron chi connectivity index (χ1n) is 7.76. The Kier molecular flexibility index (Phi) is 7.29. The van der Waals surface area contributed by atoms with Crippen molar-refractivity contribution >= 4 is 17.6 Å². The van der Waals surface area contributed by atoms with Gasteiger partial charge in [-0.1, -0.05) is 11.6 Å². The molecule has 0 saturated carbocycles. The number of nitrogens with zero attached hydrogens (tertiary/aromatic N) is 1. The van der Waals surface area contributed by atoms with Crippen LogP contribution in [-0.4, -0.2) is 53.0 Å². The van der Waals surface area contributed by atoms with Gasteiger partial charge in [0.25, 0.3) is 0 Å². The first-order valence-corrected chi connectivity index (χ1v) is 8.14. The van der Waals surface area contributed by atoms with Crippen LogP contribution in [0.3, 0.4) is 0 Å². The minimum atomic E-state index is 0.540. The molecule has 0 amide bonds. The SMILES string of the molecule is CN=C(NCCCOC)NCCc1cc(Cl)c2c(c1)OCCO2. The van der Waals surface area contributed by atoms with Gasteiger partial charge in [-0.15, -0.1) is 0 Å². The molecule has 1 aliphatic heterocycles. The van der Waals surface area contributed by atoms with E-state index in [1.165, 1.54) is 0 Å². The molecule has 1 aromatic carbocycles. The number of rotatable bonds is 7. The van der Waals surface area contributed by atoms with Crippen molar-refractivity contribution in [2.24, 2.45) is 4.99 Å². The molecule has 0 unspecified atom stereocenters. The average molecular weight is 342 g/mol. The fraction of sp³-hybridized carbons (Fsp3) is 0.562. The monoisotopic (exact) mass is 341 g/mol. The van der Waals surface area contributed by atoms with Gasteiger partial charge in [0.1, 0.15) is 13.2 Å². The summed E-state index contributed by atoms with van der Waals surface area (Å²) in [5, 5.41) is 7.11. The summed E-state index contributed by atoms with van der Waals surface area (Å²) in [6.45, 7) is 3.41. The average Bonchev–Trinajstić information content (AvgIpc) is 2.57. The van der Waals surface area contributed by atoms with Crippen LogP contribution in [0.1, 0.15) is 12.0 Å². The number of nitrogens with one attached hydrogen (secondary N) is 2. The Morgan fingerprint density at radius 3 is 2.83 bits per heavy atom. The van der Waals surface area contributed by atoms with Crippen molar-refractivity contribution in [2.45, 2.75) is 12.8 Å². The van der Waals surface area contributed by atoms with Crippen molar-refractivity contribution in [3.8, 4) is 11.5 Å². The summed E-state index contributed by atoms with van der Waals surface area (Å²) in [5.41, 5.74) is 1.10. The highest BCUT2D eigenvalue weighted by Gasteiger charge is 2.16. The summed E-state index contributed by atoms with van der Waals surface area (Å²) < 4.78 is 16.1. The molecule has 0 spiro atoms. The number of aliphatic imine (C=N–C) groups is 1. The number of halogens is 1. The third-order valence-electron chi connectivity index (χ3n) is 3.40. The summed E-state index contributed by atoms with van der Waals surface area (Å²) >= 11 is 6.24. The van der Waals surface area contributed by atoms with Crippen molar-refractivity contribution < 1.29 is 14.2 Å². The van der Waals surface area contributed by atoms with E-state index in [1.54, 1.807) is 14.2 Å². The Morgan fingerprint density at radius 2 is 2.04 bits per heavy atom. The van der Waals surface area contributed by atoms with Gasteiger partial charge < -0.3 is 24.8 Å². The number of benzene rings is 1. The van der Waals surface area contributed by atoms with E-state index >= 15 is 0 Å². The minimum absolute atomic E-state index is 0.540. The summed E-state index contributed by atoms with van der Waals surface area (Å²) in [5.74, 6) is 2.15. The summed E-state index contributed by atoms with van der Waals surface area (Å²) in [7, 11) is 3.46. The maximum Gasteiger partial charge on any atom is 0.190 e. The number of ether oxygens (including phenoxy) is 3. The Hall–Kier alpha value is -1.66. The van der Waals surface area contributed by atoms with Gasteiger partial charge in [-0.2, -0.15) is 0 Å². The molecule has 23 heavy (non-hydrogen) atoms. The number of guanidine groups is 1. The lowest BCUT2D eigenvalue weighted by Gasteiger charge is -2.20. The normalized spacial score (nSPS) is 13.8. The Labute approximate surface area is 142 Å². The van der Waals surface area contributed by atoms with Crippen LogP contribution in [-0.2, 0) is 11.2 Å². The maximum atomic E-state index is 6.24. The molecule has 0 radical (unpaired) electrons. The lowest BCUT2D eigenvalue weighted by atomic mass is 10.1. The third kappa shape index (κ3) is 5.48. The second-order valence-corrected chi connectivity index (χ2v) is 5.53. The molecule has 0 bridgehead atoms. The second-order valence-electron chi connectivity index (χ2n) is 5.12. The van der Waals surface area contributed by atoms with Crippen molar-refractivity contribution in [1.82, 2.24) is 10.6 Å². The van der Waals surface area contributed by atoms with Crippen LogP contribution in [0.2, 0.25) is 5.02 Å². The molecule has 0 fully saturated rings. The molecule has 0 atom stereocenters. The summed E-state index contributed by atoms with van der Waals surface area (Å²) in [6.07, 6.45) is 1.75. The van der Waals surface area contributed by atoms with Crippen LogP contribution < -0.4 is 20.1 Å². The highest BCUT2D eigenvalue weighted by atomic mass is 35.5. The molecule has 1 aliphatic rings. The van der Waals surface area contributed by atoms with Gasteiger partial charge in [-0.25, -0.2) is 0 Å². The lowest BCUT2D eigenvalue weighted by molar-refractivity contribution is 0.171. The van der Waals surface area contributed by atoms with E-state index in [-0.39, 0.29) is 0 Å². The number of fused-ring (bicyclic) bond motifs is 1. The molecule has 7 heteroatoms. The second kappa shape index (κ2) is 9.47. The molecular formula is C16H24ClN3O3. The summed E-state index contributed by atoms with van der Waals surface area (Å²) in [4.78, 5) is 4.19. The van der Waals surface area contributed by atoms with Crippen LogP contribution in [0.25, 0.3) is 0 Å². The molecule has 2 rings (SSSR count). The van der Waals surface area contributed by atoms with Gasteiger partial charge >= 0.3 is 0 Å². The van der Waals surface area contributed by atoms with E-state index in [1.807, 2.05) is 12.1 Å². The van der Waals surface area contributed by atoms with Gasteiger partial charge in [-0.3, -0.25) is 4.99 Å². The smallest absolute Gasteiger partial charge is 0.190 e. The molecule has 1 aromatic rings. The standard InChI is InChI=1S/C16H24ClN3O3/c1-18-16(19-5-3-7-21-2)20-6-4-12-10-13(17)15-14(11-12)22-8-9-23-15/h10-11H,3-9H2,1-2H3,(H2,18,19,20). The van der Waals surface area contributed by atoms with Gasteiger partial charge in [-0.05, 0) is 30.5 Å². The predicted octanol–water partition coefficient (Wildman–Crippen LogP) is 1.86. The molecule has 0 saturated heterocycles. The van der Waals surface area contributed by atoms with Crippen LogP contribution in [0, 0.1) is 0 Å². The van der Waals surface area contributed by atoms with Crippen molar-refractivity contribution in [1.29, 1.82) is 0 Å². The van der Waals surface area contributed by atoms with Crippen LogP contribution in [0.15, 0.2) is 17.1 Å².